The Balaban J connectivity index is 1.71. The van der Waals surface area contributed by atoms with Crippen LogP contribution in [0.4, 0.5) is 13.2 Å². The minimum atomic E-state index is -4.39. The number of piperazine rings is 1. The van der Waals surface area contributed by atoms with Crippen LogP contribution in [0.2, 0.25) is 0 Å². The molecule has 160 valence electrons. The van der Waals surface area contributed by atoms with E-state index < -0.39 is 11.7 Å². The second-order valence-corrected chi connectivity index (χ2v) is 8.65. The Kier molecular flexibility index (Phi) is 6.48. The average Bonchev–Trinajstić information content (AvgIpc) is 3.09. The minimum Gasteiger partial charge on any atom is -0.335 e. The van der Waals surface area contributed by atoms with Gasteiger partial charge in [-0.05, 0) is 25.0 Å². The topological polar surface area (TPSA) is 60.2 Å². The lowest BCUT2D eigenvalue weighted by atomic mass is 10.0. The third-order valence-corrected chi connectivity index (χ3v) is 6.40. The van der Waals surface area contributed by atoms with Crippen LogP contribution in [0.1, 0.15) is 34.8 Å². The maximum Gasteiger partial charge on any atom is 0.416 e. The first-order valence-corrected chi connectivity index (χ1v) is 10.5. The molecule has 0 spiro atoms. The summed E-state index contributed by atoms with van der Waals surface area (Å²) in [5.41, 5.74) is 0.402. The summed E-state index contributed by atoms with van der Waals surface area (Å²) >= 11 is 1.19. The lowest BCUT2D eigenvalue weighted by molar-refractivity contribution is -0.137. The summed E-state index contributed by atoms with van der Waals surface area (Å²) in [6.45, 7) is 8.06. The molecule has 1 unspecified atom stereocenters. The third-order valence-electron chi connectivity index (χ3n) is 5.21. The molecule has 9 heteroatoms. The van der Waals surface area contributed by atoms with Gasteiger partial charge < -0.3 is 4.90 Å². The number of alkyl halides is 3. The third kappa shape index (κ3) is 4.65. The zero-order chi connectivity index (χ0) is 22.1. The van der Waals surface area contributed by atoms with Crippen molar-refractivity contribution >= 4 is 17.2 Å². The molecule has 0 saturated carbocycles. The highest BCUT2D eigenvalue weighted by molar-refractivity contribution is 7.17. The van der Waals surface area contributed by atoms with Gasteiger partial charge in [0.25, 0.3) is 5.91 Å². The molecule has 1 aliphatic rings. The molecule has 1 aliphatic heterocycles. The number of nitriles is 1. The first-order chi connectivity index (χ1) is 14.1. The zero-order valence-electron chi connectivity index (χ0n) is 17.0. The Morgan fingerprint density at radius 1 is 1.17 bits per heavy atom. The second-order valence-electron chi connectivity index (χ2n) is 7.65. The number of amides is 1. The van der Waals surface area contributed by atoms with Gasteiger partial charge in [-0.3, -0.25) is 9.69 Å². The van der Waals surface area contributed by atoms with Crippen molar-refractivity contribution in [2.45, 2.75) is 33.0 Å². The second kappa shape index (κ2) is 8.74. The molecular formula is C21H23F3N4OS. The molecule has 2 heterocycles. The van der Waals surface area contributed by atoms with Crippen LogP contribution >= 0.6 is 11.3 Å². The number of benzene rings is 1. The summed E-state index contributed by atoms with van der Waals surface area (Å²) in [5.74, 6) is 0.0909. The van der Waals surface area contributed by atoms with Crippen molar-refractivity contribution in [2.75, 3.05) is 26.2 Å². The molecule has 1 amide bonds. The van der Waals surface area contributed by atoms with Crippen molar-refractivity contribution in [1.29, 1.82) is 5.26 Å². The van der Waals surface area contributed by atoms with Crippen molar-refractivity contribution in [3.8, 4) is 16.6 Å². The maximum atomic E-state index is 13.0. The highest BCUT2D eigenvalue weighted by Gasteiger charge is 2.31. The number of hydrogen-bond donors (Lipinski definition) is 0. The predicted molar refractivity (Wildman–Crippen MR) is 109 cm³/mol. The molecule has 1 atom stereocenters. The Morgan fingerprint density at radius 3 is 2.27 bits per heavy atom. The summed E-state index contributed by atoms with van der Waals surface area (Å²) in [5, 5.41) is 9.89. The molecule has 5 nitrogen and oxygen atoms in total. The van der Waals surface area contributed by atoms with Gasteiger partial charge in [-0.2, -0.15) is 18.4 Å². The fourth-order valence-electron chi connectivity index (χ4n) is 3.52. The number of rotatable bonds is 4. The van der Waals surface area contributed by atoms with E-state index in [1.54, 1.807) is 11.8 Å². The fourth-order valence-corrected chi connectivity index (χ4v) is 4.56. The van der Waals surface area contributed by atoms with E-state index in [9.17, 15) is 23.2 Å². The Bertz CT molecular complexity index is 939. The number of aryl methyl sites for hydroxylation is 1. The Labute approximate surface area is 177 Å². The predicted octanol–water partition coefficient (Wildman–Crippen LogP) is 4.44. The molecule has 3 rings (SSSR count). The molecule has 1 aromatic carbocycles. The van der Waals surface area contributed by atoms with Crippen molar-refractivity contribution in [3.63, 3.8) is 0 Å². The van der Waals surface area contributed by atoms with Crippen LogP contribution < -0.4 is 0 Å². The number of halogens is 3. The van der Waals surface area contributed by atoms with Crippen LogP contribution in [0.15, 0.2) is 24.3 Å². The molecule has 1 fully saturated rings. The number of carbonyl (C=O) groups is 1. The summed E-state index contributed by atoms with van der Waals surface area (Å²) in [6, 6.07) is 6.96. The molecular weight excluding hydrogens is 413 g/mol. The van der Waals surface area contributed by atoms with E-state index in [1.807, 2.05) is 13.8 Å². The average molecular weight is 437 g/mol. The fraction of sp³-hybridized carbons (Fsp3) is 0.476. The van der Waals surface area contributed by atoms with Crippen LogP contribution in [0.25, 0.3) is 10.6 Å². The molecule has 0 aliphatic carbocycles. The molecule has 1 saturated heterocycles. The van der Waals surface area contributed by atoms with E-state index in [0.717, 1.165) is 12.1 Å². The van der Waals surface area contributed by atoms with Gasteiger partial charge in [0.05, 0.1) is 17.3 Å². The SMILES string of the molecule is Cc1nc(-c2ccc(C(F)(F)F)cc2)sc1C(=O)N1CCN(C(C#N)C(C)C)CC1. The van der Waals surface area contributed by atoms with E-state index in [2.05, 4.69) is 16.0 Å². The van der Waals surface area contributed by atoms with Gasteiger partial charge in [-0.1, -0.05) is 26.0 Å². The first-order valence-electron chi connectivity index (χ1n) is 9.69. The van der Waals surface area contributed by atoms with Gasteiger partial charge in [0.2, 0.25) is 0 Å². The zero-order valence-corrected chi connectivity index (χ0v) is 17.8. The number of hydrogen-bond acceptors (Lipinski definition) is 5. The number of nitrogens with zero attached hydrogens (tertiary/aromatic N) is 4. The summed E-state index contributed by atoms with van der Waals surface area (Å²) in [7, 11) is 0. The van der Waals surface area contributed by atoms with Crippen LogP contribution in [0, 0.1) is 24.2 Å². The largest absolute Gasteiger partial charge is 0.416 e. The summed E-state index contributed by atoms with van der Waals surface area (Å²) in [6.07, 6.45) is -4.39. The van der Waals surface area contributed by atoms with Gasteiger partial charge in [0.15, 0.2) is 0 Å². The molecule has 30 heavy (non-hydrogen) atoms. The van der Waals surface area contributed by atoms with Gasteiger partial charge in [-0.15, -0.1) is 11.3 Å². The van der Waals surface area contributed by atoms with Gasteiger partial charge in [0.1, 0.15) is 15.9 Å². The van der Waals surface area contributed by atoms with Crippen LogP contribution in [0.5, 0.6) is 0 Å². The molecule has 1 aromatic heterocycles. The standard InChI is InChI=1S/C21H23F3N4OS/c1-13(2)17(12-25)27-8-10-28(11-9-27)20(29)18-14(3)26-19(30-18)15-4-6-16(7-5-15)21(22,23)24/h4-7,13,17H,8-11H2,1-3H3. The van der Waals surface area contributed by atoms with E-state index >= 15 is 0 Å². The van der Waals surface area contributed by atoms with Crippen molar-refractivity contribution in [1.82, 2.24) is 14.8 Å². The van der Waals surface area contributed by atoms with Crippen LogP contribution in [-0.2, 0) is 6.18 Å². The monoisotopic (exact) mass is 436 g/mol. The van der Waals surface area contributed by atoms with E-state index in [-0.39, 0.29) is 17.9 Å². The lowest BCUT2D eigenvalue weighted by Gasteiger charge is -2.38. The molecule has 0 N–H and O–H groups in total. The number of thiazole rings is 1. The highest BCUT2D eigenvalue weighted by atomic mass is 32.1. The Hall–Kier alpha value is -2.44. The normalized spacial score (nSPS) is 16.5. The number of aromatic nitrogens is 1. The highest BCUT2D eigenvalue weighted by Crippen LogP contribution is 2.33. The number of carbonyl (C=O) groups excluding carboxylic acids is 1. The first kappa shape index (κ1) is 22.2. The van der Waals surface area contributed by atoms with E-state index in [1.165, 1.54) is 23.5 Å². The van der Waals surface area contributed by atoms with E-state index in [0.29, 0.717) is 47.3 Å². The lowest BCUT2D eigenvalue weighted by Crippen LogP contribution is -2.52. The van der Waals surface area contributed by atoms with Crippen LogP contribution in [0.3, 0.4) is 0 Å². The molecule has 2 aromatic rings. The minimum absolute atomic E-state index is 0.124. The smallest absolute Gasteiger partial charge is 0.335 e. The molecule has 0 radical (unpaired) electrons. The molecule has 0 bridgehead atoms. The summed E-state index contributed by atoms with van der Waals surface area (Å²) in [4.78, 5) is 21.7. The quantitative estimate of drug-likeness (QED) is 0.711. The van der Waals surface area contributed by atoms with Gasteiger partial charge in [-0.25, -0.2) is 4.98 Å². The summed E-state index contributed by atoms with van der Waals surface area (Å²) < 4.78 is 38.3. The Morgan fingerprint density at radius 2 is 1.77 bits per heavy atom. The van der Waals surface area contributed by atoms with Gasteiger partial charge >= 0.3 is 6.18 Å². The van der Waals surface area contributed by atoms with Crippen molar-refractivity contribution in [3.05, 3.63) is 40.4 Å². The van der Waals surface area contributed by atoms with Gasteiger partial charge in [0, 0.05) is 31.7 Å². The van der Waals surface area contributed by atoms with E-state index in [4.69, 9.17) is 0 Å². The van der Waals surface area contributed by atoms with Crippen LogP contribution in [-0.4, -0.2) is 52.9 Å². The van der Waals surface area contributed by atoms with Crippen molar-refractivity contribution in [2.24, 2.45) is 5.92 Å². The maximum absolute atomic E-state index is 13.0. The van der Waals surface area contributed by atoms with Crippen molar-refractivity contribution < 1.29 is 18.0 Å².